The van der Waals surface area contributed by atoms with E-state index in [1.165, 1.54) is 11.3 Å². The van der Waals surface area contributed by atoms with E-state index in [2.05, 4.69) is 10.4 Å². The van der Waals surface area contributed by atoms with E-state index in [1.54, 1.807) is 0 Å². The van der Waals surface area contributed by atoms with Crippen LogP contribution >= 0.6 is 23.7 Å². The minimum atomic E-state index is 0. The van der Waals surface area contributed by atoms with Gasteiger partial charge in [-0.2, -0.15) is 5.10 Å². The van der Waals surface area contributed by atoms with Crippen molar-refractivity contribution in [2.45, 2.75) is 19.4 Å². The third-order valence-electron chi connectivity index (χ3n) is 4.66. The van der Waals surface area contributed by atoms with Gasteiger partial charge in [-0.05, 0) is 38.1 Å². The van der Waals surface area contributed by atoms with E-state index < -0.39 is 0 Å². The number of fused-ring (bicyclic) bond motifs is 1. The van der Waals surface area contributed by atoms with Crippen molar-refractivity contribution in [1.29, 1.82) is 0 Å². The standard InChI is InChI=1S/C18H20N4OS.ClH/c1-12-15-10-16(17(23)21(2)14-8-9-19-11-14)24-18(15)22(20-12)13-6-4-3-5-7-13;/h3-7,10,14,19H,8-9,11H2,1-2H3;1H. The van der Waals surface area contributed by atoms with Gasteiger partial charge in [-0.1, -0.05) is 18.2 Å². The second-order valence-corrected chi connectivity index (χ2v) is 7.26. The van der Waals surface area contributed by atoms with Gasteiger partial charge in [0.15, 0.2) is 0 Å². The summed E-state index contributed by atoms with van der Waals surface area (Å²) in [5, 5.41) is 9.01. The fourth-order valence-electron chi connectivity index (χ4n) is 3.21. The van der Waals surface area contributed by atoms with Crippen LogP contribution in [-0.4, -0.2) is 46.8 Å². The lowest BCUT2D eigenvalue weighted by molar-refractivity contribution is 0.0749. The summed E-state index contributed by atoms with van der Waals surface area (Å²) in [6.07, 6.45) is 1.02. The van der Waals surface area contributed by atoms with Crippen LogP contribution in [0.1, 0.15) is 21.8 Å². The molecule has 0 aliphatic carbocycles. The largest absolute Gasteiger partial charge is 0.337 e. The minimum Gasteiger partial charge on any atom is -0.337 e. The number of aromatic nitrogens is 2. The van der Waals surface area contributed by atoms with Crippen LogP contribution in [0.15, 0.2) is 36.4 Å². The number of amides is 1. The number of para-hydroxylation sites is 1. The molecule has 0 saturated carbocycles. The highest BCUT2D eigenvalue weighted by Crippen LogP contribution is 2.31. The Morgan fingerprint density at radius 1 is 1.36 bits per heavy atom. The molecule has 2 aromatic heterocycles. The van der Waals surface area contributed by atoms with Gasteiger partial charge in [0.25, 0.3) is 5.91 Å². The van der Waals surface area contributed by atoms with Crippen LogP contribution in [0.5, 0.6) is 0 Å². The number of halogens is 1. The normalized spacial score (nSPS) is 16.8. The van der Waals surface area contributed by atoms with Gasteiger partial charge < -0.3 is 10.2 Å². The Kier molecular flexibility index (Phi) is 5.13. The van der Waals surface area contributed by atoms with Crippen molar-refractivity contribution in [2.24, 2.45) is 0 Å². The Morgan fingerprint density at radius 3 is 2.80 bits per heavy atom. The predicted octanol–water partition coefficient (Wildman–Crippen LogP) is 3.25. The molecule has 132 valence electrons. The van der Waals surface area contributed by atoms with Crippen molar-refractivity contribution in [2.75, 3.05) is 20.1 Å². The van der Waals surface area contributed by atoms with Gasteiger partial charge in [0.1, 0.15) is 4.83 Å². The number of likely N-dealkylation sites (N-methyl/N-ethyl adjacent to an activating group) is 1. The lowest BCUT2D eigenvalue weighted by atomic mass is 10.2. The molecule has 0 spiro atoms. The van der Waals surface area contributed by atoms with Gasteiger partial charge in [-0.25, -0.2) is 4.68 Å². The molecule has 1 saturated heterocycles. The number of aryl methyl sites for hydroxylation is 1. The zero-order chi connectivity index (χ0) is 16.7. The van der Waals surface area contributed by atoms with Gasteiger partial charge in [0.05, 0.1) is 16.3 Å². The summed E-state index contributed by atoms with van der Waals surface area (Å²) in [7, 11) is 1.90. The molecule has 0 radical (unpaired) electrons. The molecule has 7 heteroatoms. The summed E-state index contributed by atoms with van der Waals surface area (Å²) in [6, 6.07) is 12.3. The van der Waals surface area contributed by atoms with Crippen LogP contribution in [-0.2, 0) is 0 Å². The van der Waals surface area contributed by atoms with Gasteiger partial charge in [-0.15, -0.1) is 23.7 Å². The monoisotopic (exact) mass is 376 g/mol. The summed E-state index contributed by atoms with van der Waals surface area (Å²) in [5.41, 5.74) is 1.97. The second kappa shape index (κ2) is 7.15. The molecule has 3 heterocycles. The number of carbonyl (C=O) groups excluding carboxylic acids is 1. The zero-order valence-electron chi connectivity index (χ0n) is 14.2. The number of rotatable bonds is 3. The molecule has 1 atom stereocenters. The molecule has 1 N–H and O–H groups in total. The maximum absolute atomic E-state index is 12.8. The summed E-state index contributed by atoms with van der Waals surface area (Å²) in [6.45, 7) is 3.86. The Labute approximate surface area is 157 Å². The Balaban J connectivity index is 0.00000182. The molecule has 25 heavy (non-hydrogen) atoms. The molecule has 1 aliphatic heterocycles. The molecule has 1 unspecified atom stereocenters. The number of hydrogen-bond acceptors (Lipinski definition) is 4. The van der Waals surface area contributed by atoms with Crippen molar-refractivity contribution in [1.82, 2.24) is 20.0 Å². The van der Waals surface area contributed by atoms with Crippen LogP contribution in [0.25, 0.3) is 15.9 Å². The lowest BCUT2D eigenvalue weighted by Gasteiger charge is -2.22. The quantitative estimate of drug-likeness (QED) is 0.763. The van der Waals surface area contributed by atoms with Crippen molar-refractivity contribution in [3.8, 4) is 5.69 Å². The fraction of sp³-hybridized carbons (Fsp3) is 0.333. The molecule has 5 nitrogen and oxygen atoms in total. The zero-order valence-corrected chi connectivity index (χ0v) is 15.9. The van der Waals surface area contributed by atoms with Crippen LogP contribution in [0.3, 0.4) is 0 Å². The van der Waals surface area contributed by atoms with E-state index in [-0.39, 0.29) is 24.4 Å². The molecule has 1 aliphatic rings. The summed E-state index contributed by atoms with van der Waals surface area (Å²) >= 11 is 1.52. The lowest BCUT2D eigenvalue weighted by Crippen LogP contribution is -2.37. The molecular weight excluding hydrogens is 356 g/mol. The van der Waals surface area contributed by atoms with Crippen LogP contribution < -0.4 is 5.32 Å². The second-order valence-electron chi connectivity index (χ2n) is 6.22. The first kappa shape index (κ1) is 17.9. The van der Waals surface area contributed by atoms with Crippen molar-refractivity contribution >= 4 is 39.9 Å². The number of nitrogens with one attached hydrogen (secondary N) is 1. The Hall–Kier alpha value is -1.89. The van der Waals surface area contributed by atoms with E-state index in [1.807, 2.05) is 60.0 Å². The Morgan fingerprint density at radius 2 is 2.12 bits per heavy atom. The van der Waals surface area contributed by atoms with Crippen molar-refractivity contribution < 1.29 is 4.79 Å². The third-order valence-corrected chi connectivity index (χ3v) is 5.76. The summed E-state index contributed by atoms with van der Waals surface area (Å²) in [5.74, 6) is 0.101. The first-order valence-electron chi connectivity index (χ1n) is 8.17. The van der Waals surface area contributed by atoms with E-state index in [0.29, 0.717) is 0 Å². The van der Waals surface area contributed by atoms with Crippen molar-refractivity contribution in [3.05, 3.63) is 47.0 Å². The highest BCUT2D eigenvalue weighted by Gasteiger charge is 2.26. The van der Waals surface area contributed by atoms with Crippen molar-refractivity contribution in [3.63, 3.8) is 0 Å². The highest BCUT2D eigenvalue weighted by molar-refractivity contribution is 7.20. The number of benzene rings is 1. The number of hydrogen-bond donors (Lipinski definition) is 1. The molecule has 1 aromatic carbocycles. The molecule has 1 amide bonds. The van der Waals surface area contributed by atoms with E-state index >= 15 is 0 Å². The number of nitrogens with zero attached hydrogens (tertiary/aromatic N) is 3. The summed E-state index contributed by atoms with van der Waals surface area (Å²) < 4.78 is 1.93. The minimum absolute atomic E-state index is 0. The fourth-order valence-corrected chi connectivity index (χ4v) is 4.37. The number of thiophene rings is 1. The molecule has 1 fully saturated rings. The van der Waals surface area contributed by atoms with E-state index in [0.717, 1.165) is 46.0 Å². The SMILES string of the molecule is Cc1nn(-c2ccccc2)c2sc(C(=O)N(C)C3CCNC3)cc12.Cl. The van der Waals surface area contributed by atoms with E-state index in [4.69, 9.17) is 0 Å². The van der Waals surface area contributed by atoms with Gasteiger partial charge >= 0.3 is 0 Å². The topological polar surface area (TPSA) is 50.2 Å². The molecule has 4 rings (SSSR count). The summed E-state index contributed by atoms with van der Waals surface area (Å²) in [4.78, 5) is 16.5. The predicted molar refractivity (Wildman–Crippen MR) is 104 cm³/mol. The van der Waals surface area contributed by atoms with Gasteiger partial charge in [0.2, 0.25) is 0 Å². The maximum Gasteiger partial charge on any atom is 0.264 e. The first-order valence-corrected chi connectivity index (χ1v) is 8.99. The highest BCUT2D eigenvalue weighted by atomic mass is 35.5. The van der Waals surface area contributed by atoms with Gasteiger partial charge in [0, 0.05) is 25.0 Å². The maximum atomic E-state index is 12.8. The molecular formula is C18H21ClN4OS. The smallest absolute Gasteiger partial charge is 0.264 e. The number of carbonyl (C=O) groups is 1. The van der Waals surface area contributed by atoms with E-state index in [9.17, 15) is 4.79 Å². The van der Waals surface area contributed by atoms with Crippen LogP contribution in [0, 0.1) is 6.92 Å². The average Bonchev–Trinajstić information content (AvgIpc) is 3.32. The third kappa shape index (κ3) is 3.17. The van der Waals surface area contributed by atoms with Crippen LogP contribution in [0.2, 0.25) is 0 Å². The first-order chi connectivity index (χ1) is 11.6. The average molecular weight is 377 g/mol. The Bertz CT molecular complexity index is 883. The van der Waals surface area contributed by atoms with Gasteiger partial charge in [-0.3, -0.25) is 4.79 Å². The molecule has 0 bridgehead atoms. The van der Waals surface area contributed by atoms with Crippen LogP contribution in [0.4, 0.5) is 0 Å². The molecule has 3 aromatic rings.